The van der Waals surface area contributed by atoms with Crippen LogP contribution in [-0.2, 0) is 9.53 Å². The molecule has 1 unspecified atom stereocenters. The molecule has 0 bridgehead atoms. The molecule has 0 aliphatic heterocycles. The first-order valence-corrected chi connectivity index (χ1v) is 9.47. The van der Waals surface area contributed by atoms with E-state index < -0.39 is 7.92 Å². The molecule has 0 spiro atoms. The summed E-state index contributed by atoms with van der Waals surface area (Å²) in [4.78, 5) is 11.4. The highest BCUT2D eigenvalue weighted by atomic mass is 31.1. The molecule has 0 amide bonds. The Morgan fingerprint density at radius 3 is 2.04 bits per heavy atom. The van der Waals surface area contributed by atoms with Crippen molar-refractivity contribution in [3.05, 3.63) is 84.2 Å². The highest BCUT2D eigenvalue weighted by Gasteiger charge is 2.30. The second-order valence-electron chi connectivity index (χ2n) is 5.82. The van der Waals surface area contributed by atoms with Gasteiger partial charge in [0.1, 0.15) is 6.10 Å². The predicted octanol–water partition coefficient (Wildman–Crippen LogP) is 4.14. The fourth-order valence-electron chi connectivity index (χ4n) is 3.04. The van der Waals surface area contributed by atoms with Crippen molar-refractivity contribution in [2.24, 2.45) is 5.92 Å². The first-order valence-electron chi connectivity index (χ1n) is 8.12. The predicted molar refractivity (Wildman–Crippen MR) is 101 cm³/mol. The van der Waals surface area contributed by atoms with E-state index in [2.05, 4.69) is 66.8 Å². The summed E-state index contributed by atoms with van der Waals surface area (Å²) in [6.07, 6.45) is 6.26. The van der Waals surface area contributed by atoms with Crippen LogP contribution in [0.3, 0.4) is 0 Å². The van der Waals surface area contributed by atoms with Crippen molar-refractivity contribution in [3.63, 3.8) is 0 Å². The molecule has 0 N–H and O–H groups in total. The van der Waals surface area contributed by atoms with Gasteiger partial charge in [-0.25, -0.2) is 0 Å². The molecule has 0 fully saturated rings. The Balaban J connectivity index is 1.99. The molecule has 0 radical (unpaired) electrons. The van der Waals surface area contributed by atoms with Crippen molar-refractivity contribution >= 4 is 24.5 Å². The minimum Gasteiger partial charge on any atom is -0.462 e. The van der Waals surface area contributed by atoms with Crippen LogP contribution < -0.4 is 10.6 Å². The summed E-state index contributed by atoms with van der Waals surface area (Å²) >= 11 is 0. The molecule has 0 heterocycles. The number of carbonyl (C=O) groups excluding carboxylic acids is 1. The minimum absolute atomic E-state index is 0.125. The zero-order chi connectivity index (χ0) is 16.9. The molecule has 0 aromatic heterocycles. The zero-order valence-electron chi connectivity index (χ0n) is 13.9. The van der Waals surface area contributed by atoms with Gasteiger partial charge in [-0.15, -0.1) is 0 Å². The van der Waals surface area contributed by atoms with Gasteiger partial charge in [0.25, 0.3) is 0 Å². The van der Waals surface area contributed by atoms with Gasteiger partial charge in [0.2, 0.25) is 0 Å². The fourth-order valence-corrected chi connectivity index (χ4v) is 5.70. The average Bonchev–Trinajstić information content (AvgIpc) is 3.06. The van der Waals surface area contributed by atoms with Gasteiger partial charge < -0.3 is 4.74 Å². The molecule has 3 rings (SSSR count). The van der Waals surface area contributed by atoms with E-state index in [1.165, 1.54) is 22.8 Å². The molecular weight excluding hydrogens is 315 g/mol. The molecule has 0 saturated carbocycles. The number of benzene rings is 2. The summed E-state index contributed by atoms with van der Waals surface area (Å²) in [5, 5.41) is 3.96. The van der Waals surface area contributed by atoms with Crippen molar-refractivity contribution in [2.45, 2.75) is 20.0 Å². The van der Waals surface area contributed by atoms with Crippen LogP contribution >= 0.6 is 7.92 Å². The van der Waals surface area contributed by atoms with E-state index in [1.54, 1.807) is 0 Å². The van der Waals surface area contributed by atoms with Crippen molar-refractivity contribution in [1.82, 2.24) is 0 Å². The Bertz CT molecular complexity index is 710. The third kappa shape index (κ3) is 3.66. The highest BCUT2D eigenvalue weighted by molar-refractivity contribution is 7.76. The van der Waals surface area contributed by atoms with E-state index in [0.29, 0.717) is 0 Å². The molecule has 2 aromatic carbocycles. The molecule has 122 valence electrons. The SMILES string of the molecule is CC(=O)O[C@H](C)C1C=CC=C1P(c1ccccc1)c1ccccc1. The number of rotatable bonds is 5. The summed E-state index contributed by atoms with van der Waals surface area (Å²) < 4.78 is 5.47. The lowest BCUT2D eigenvalue weighted by Gasteiger charge is -2.28. The largest absolute Gasteiger partial charge is 0.462 e. The lowest BCUT2D eigenvalue weighted by Crippen LogP contribution is -2.24. The second-order valence-corrected chi connectivity index (χ2v) is 8.04. The van der Waals surface area contributed by atoms with Gasteiger partial charge >= 0.3 is 5.97 Å². The summed E-state index contributed by atoms with van der Waals surface area (Å²) in [6, 6.07) is 21.2. The molecule has 24 heavy (non-hydrogen) atoms. The quantitative estimate of drug-likeness (QED) is 0.606. The Hall–Kier alpha value is -2.18. The van der Waals surface area contributed by atoms with Crippen LogP contribution in [0.4, 0.5) is 0 Å². The molecule has 3 heteroatoms. The topological polar surface area (TPSA) is 26.3 Å². The van der Waals surface area contributed by atoms with E-state index in [4.69, 9.17) is 4.74 Å². The molecule has 1 aliphatic rings. The van der Waals surface area contributed by atoms with Crippen LogP contribution in [0.5, 0.6) is 0 Å². The summed E-state index contributed by atoms with van der Waals surface area (Å²) in [7, 11) is -0.641. The van der Waals surface area contributed by atoms with E-state index in [9.17, 15) is 4.79 Å². The summed E-state index contributed by atoms with van der Waals surface area (Å²) in [5.41, 5.74) is 0. The average molecular weight is 336 g/mol. The van der Waals surface area contributed by atoms with Crippen LogP contribution in [0.2, 0.25) is 0 Å². The third-order valence-electron chi connectivity index (χ3n) is 4.07. The number of esters is 1. The second kappa shape index (κ2) is 7.59. The molecular formula is C21H21O2P. The third-order valence-corrected chi connectivity index (χ3v) is 6.66. The molecule has 0 saturated heterocycles. The van der Waals surface area contributed by atoms with E-state index in [-0.39, 0.29) is 18.0 Å². The molecule has 2 nitrogen and oxygen atoms in total. The Morgan fingerprint density at radius 2 is 1.54 bits per heavy atom. The van der Waals surface area contributed by atoms with Gasteiger partial charge in [-0.2, -0.15) is 0 Å². The lowest BCUT2D eigenvalue weighted by atomic mass is 10.1. The van der Waals surface area contributed by atoms with Crippen molar-refractivity contribution in [1.29, 1.82) is 0 Å². The van der Waals surface area contributed by atoms with Crippen LogP contribution in [0.15, 0.2) is 84.2 Å². The first kappa shape index (κ1) is 16.7. The Labute approximate surface area is 144 Å². The highest BCUT2D eigenvalue weighted by Crippen LogP contribution is 2.50. The number of allylic oxidation sites excluding steroid dienone is 2. The Kier molecular flexibility index (Phi) is 5.27. The van der Waals surface area contributed by atoms with E-state index in [0.717, 1.165) is 0 Å². The van der Waals surface area contributed by atoms with Crippen LogP contribution in [0.1, 0.15) is 13.8 Å². The van der Waals surface area contributed by atoms with Gasteiger partial charge in [0, 0.05) is 12.8 Å². The van der Waals surface area contributed by atoms with Gasteiger partial charge in [0.15, 0.2) is 0 Å². The van der Waals surface area contributed by atoms with Gasteiger partial charge in [-0.05, 0) is 30.8 Å². The van der Waals surface area contributed by atoms with Gasteiger partial charge in [-0.1, -0.05) is 78.9 Å². The number of ether oxygens (including phenoxy) is 1. The van der Waals surface area contributed by atoms with Crippen molar-refractivity contribution in [3.8, 4) is 0 Å². The van der Waals surface area contributed by atoms with Crippen molar-refractivity contribution in [2.75, 3.05) is 0 Å². The lowest BCUT2D eigenvalue weighted by molar-refractivity contribution is -0.146. The van der Waals surface area contributed by atoms with Gasteiger partial charge in [-0.3, -0.25) is 4.79 Å². The monoisotopic (exact) mass is 336 g/mol. The standard InChI is InChI=1S/C21H21O2P/c1-16(23-17(2)22)20-14-9-15-21(20)24(18-10-5-3-6-11-18)19-12-7-4-8-13-19/h3-16,20H,1-2H3/t16-,20?/m1/s1. The maximum absolute atomic E-state index is 11.4. The van der Waals surface area contributed by atoms with Crippen LogP contribution in [0.25, 0.3) is 0 Å². The van der Waals surface area contributed by atoms with E-state index in [1.807, 2.05) is 19.1 Å². The summed E-state index contributed by atoms with van der Waals surface area (Å²) in [5.74, 6) is -0.105. The van der Waals surface area contributed by atoms with Crippen molar-refractivity contribution < 1.29 is 9.53 Å². The number of hydrogen-bond donors (Lipinski definition) is 0. The summed E-state index contributed by atoms with van der Waals surface area (Å²) in [6.45, 7) is 3.44. The van der Waals surface area contributed by atoms with Crippen LogP contribution in [-0.4, -0.2) is 12.1 Å². The minimum atomic E-state index is -0.641. The smallest absolute Gasteiger partial charge is 0.302 e. The zero-order valence-corrected chi connectivity index (χ0v) is 14.8. The Morgan fingerprint density at radius 1 is 1.00 bits per heavy atom. The molecule has 2 aromatic rings. The molecule has 2 atom stereocenters. The maximum atomic E-state index is 11.4. The first-order chi connectivity index (χ1) is 11.7. The number of hydrogen-bond acceptors (Lipinski definition) is 2. The van der Waals surface area contributed by atoms with Crippen LogP contribution in [0, 0.1) is 5.92 Å². The van der Waals surface area contributed by atoms with Gasteiger partial charge in [0.05, 0.1) is 0 Å². The fraction of sp³-hybridized carbons (Fsp3) is 0.190. The van der Waals surface area contributed by atoms with E-state index >= 15 is 0 Å². The number of carbonyl (C=O) groups is 1. The molecule has 1 aliphatic carbocycles. The normalized spacial score (nSPS) is 17.6. The maximum Gasteiger partial charge on any atom is 0.302 e.